The minimum Gasteiger partial charge on any atom is -0.475 e. The lowest BCUT2D eigenvalue weighted by molar-refractivity contribution is 0.0660. The van der Waals surface area contributed by atoms with Crippen LogP contribution in [0, 0.1) is 0 Å². The quantitative estimate of drug-likeness (QED) is 0.881. The number of hydrogen-bond acceptors (Lipinski definition) is 3. The van der Waals surface area contributed by atoms with Crippen molar-refractivity contribution in [3.63, 3.8) is 0 Å². The predicted octanol–water partition coefficient (Wildman–Crippen LogP) is 2.35. The molecule has 1 N–H and O–H groups in total. The van der Waals surface area contributed by atoms with E-state index >= 15 is 0 Å². The van der Waals surface area contributed by atoms with Crippen LogP contribution in [0.25, 0.3) is 0 Å². The number of imidazole rings is 1. The molecule has 0 fully saturated rings. The standard InChI is InChI=1S/C12H14N2O3/c1-8(2)11-13-5-6-14(11)7-9-3-4-10(17-9)12(15)16/h3-6,8H,7H2,1-2H3,(H,15,16). The van der Waals surface area contributed by atoms with Gasteiger partial charge >= 0.3 is 5.97 Å². The number of nitrogens with zero attached hydrogens (tertiary/aromatic N) is 2. The van der Waals surface area contributed by atoms with Crippen molar-refractivity contribution in [3.8, 4) is 0 Å². The maximum atomic E-state index is 10.7. The van der Waals surface area contributed by atoms with E-state index in [1.54, 1.807) is 12.3 Å². The van der Waals surface area contributed by atoms with Gasteiger partial charge in [-0.2, -0.15) is 0 Å². The van der Waals surface area contributed by atoms with Gasteiger partial charge in [0.15, 0.2) is 0 Å². The van der Waals surface area contributed by atoms with Crippen LogP contribution < -0.4 is 0 Å². The number of aromatic nitrogens is 2. The molecule has 0 atom stereocenters. The van der Waals surface area contributed by atoms with Gasteiger partial charge in [-0.15, -0.1) is 0 Å². The first kappa shape index (κ1) is 11.4. The fourth-order valence-corrected chi connectivity index (χ4v) is 1.70. The lowest BCUT2D eigenvalue weighted by Gasteiger charge is -2.08. The van der Waals surface area contributed by atoms with Gasteiger partial charge in [-0.05, 0) is 12.1 Å². The van der Waals surface area contributed by atoms with Crippen molar-refractivity contribution in [3.05, 3.63) is 41.9 Å². The molecule has 0 saturated carbocycles. The Bertz CT molecular complexity index is 525. The zero-order valence-electron chi connectivity index (χ0n) is 9.75. The zero-order valence-corrected chi connectivity index (χ0v) is 9.75. The topological polar surface area (TPSA) is 68.3 Å². The second kappa shape index (κ2) is 4.45. The van der Waals surface area contributed by atoms with Crippen molar-refractivity contribution < 1.29 is 14.3 Å². The monoisotopic (exact) mass is 234 g/mol. The van der Waals surface area contributed by atoms with Crippen LogP contribution in [0.1, 0.15) is 41.9 Å². The summed E-state index contributed by atoms with van der Waals surface area (Å²) in [5.74, 6) is 0.802. The minimum atomic E-state index is -1.05. The summed E-state index contributed by atoms with van der Waals surface area (Å²) in [6.45, 7) is 4.62. The molecular formula is C12H14N2O3. The Kier molecular flexibility index (Phi) is 2.99. The largest absolute Gasteiger partial charge is 0.475 e. The molecule has 5 nitrogen and oxygen atoms in total. The van der Waals surface area contributed by atoms with E-state index in [1.807, 2.05) is 10.8 Å². The van der Waals surface area contributed by atoms with E-state index in [0.717, 1.165) is 5.82 Å². The van der Waals surface area contributed by atoms with E-state index in [9.17, 15) is 4.79 Å². The number of carboxylic acid groups (broad SMARTS) is 1. The molecule has 0 amide bonds. The molecule has 2 aromatic rings. The van der Waals surface area contributed by atoms with Gasteiger partial charge in [0.25, 0.3) is 0 Å². The van der Waals surface area contributed by atoms with Gasteiger partial charge < -0.3 is 14.1 Å². The van der Waals surface area contributed by atoms with Crippen molar-refractivity contribution in [2.75, 3.05) is 0 Å². The third-order valence-electron chi connectivity index (χ3n) is 2.46. The molecule has 0 aliphatic carbocycles. The molecule has 90 valence electrons. The van der Waals surface area contributed by atoms with Crippen molar-refractivity contribution in [2.24, 2.45) is 0 Å². The second-order valence-electron chi connectivity index (χ2n) is 4.14. The molecule has 0 saturated heterocycles. The van der Waals surface area contributed by atoms with Crippen LogP contribution in [0.3, 0.4) is 0 Å². The highest BCUT2D eigenvalue weighted by atomic mass is 16.4. The first-order valence-electron chi connectivity index (χ1n) is 5.41. The average molecular weight is 234 g/mol. The van der Waals surface area contributed by atoms with Crippen molar-refractivity contribution in [2.45, 2.75) is 26.3 Å². The molecule has 2 rings (SSSR count). The van der Waals surface area contributed by atoms with Gasteiger partial charge in [-0.3, -0.25) is 0 Å². The van der Waals surface area contributed by atoms with Crippen LogP contribution in [0.2, 0.25) is 0 Å². The highest BCUT2D eigenvalue weighted by Crippen LogP contribution is 2.15. The summed E-state index contributed by atoms with van der Waals surface area (Å²) in [5, 5.41) is 8.75. The van der Waals surface area contributed by atoms with Crippen LogP contribution in [-0.4, -0.2) is 20.6 Å². The van der Waals surface area contributed by atoms with Crippen molar-refractivity contribution in [1.82, 2.24) is 9.55 Å². The average Bonchev–Trinajstić information content (AvgIpc) is 2.86. The Morgan fingerprint density at radius 2 is 2.29 bits per heavy atom. The third kappa shape index (κ3) is 2.38. The fraction of sp³-hybridized carbons (Fsp3) is 0.333. The molecule has 0 aliphatic heterocycles. The molecule has 0 radical (unpaired) electrons. The van der Waals surface area contributed by atoms with E-state index in [2.05, 4.69) is 18.8 Å². The van der Waals surface area contributed by atoms with Crippen LogP contribution in [0.4, 0.5) is 0 Å². The molecule has 2 aromatic heterocycles. The van der Waals surface area contributed by atoms with Crippen LogP contribution in [0.15, 0.2) is 28.9 Å². The first-order chi connectivity index (χ1) is 8.08. The van der Waals surface area contributed by atoms with Crippen LogP contribution in [-0.2, 0) is 6.54 Å². The molecule has 17 heavy (non-hydrogen) atoms. The molecule has 0 bridgehead atoms. The van der Waals surface area contributed by atoms with Crippen molar-refractivity contribution in [1.29, 1.82) is 0 Å². The lowest BCUT2D eigenvalue weighted by Crippen LogP contribution is -2.05. The van der Waals surface area contributed by atoms with Gasteiger partial charge in [0.2, 0.25) is 5.76 Å². The van der Waals surface area contributed by atoms with E-state index < -0.39 is 5.97 Å². The van der Waals surface area contributed by atoms with E-state index in [0.29, 0.717) is 18.2 Å². The van der Waals surface area contributed by atoms with E-state index in [-0.39, 0.29) is 5.76 Å². The number of rotatable bonds is 4. The lowest BCUT2D eigenvalue weighted by atomic mass is 10.2. The van der Waals surface area contributed by atoms with Crippen LogP contribution in [0.5, 0.6) is 0 Å². The molecule has 5 heteroatoms. The summed E-state index contributed by atoms with van der Waals surface area (Å²) in [6, 6.07) is 3.14. The van der Waals surface area contributed by atoms with Gasteiger partial charge in [0.05, 0.1) is 6.54 Å². The first-order valence-corrected chi connectivity index (χ1v) is 5.41. The summed E-state index contributed by atoms with van der Waals surface area (Å²) < 4.78 is 7.16. The van der Waals surface area contributed by atoms with E-state index in [4.69, 9.17) is 9.52 Å². The smallest absolute Gasteiger partial charge is 0.371 e. The van der Waals surface area contributed by atoms with Gasteiger partial charge in [-0.1, -0.05) is 13.8 Å². The molecule has 0 aromatic carbocycles. The van der Waals surface area contributed by atoms with Crippen molar-refractivity contribution >= 4 is 5.97 Å². The maximum Gasteiger partial charge on any atom is 0.371 e. The SMILES string of the molecule is CC(C)c1nccn1Cc1ccc(C(=O)O)o1. The van der Waals surface area contributed by atoms with Gasteiger partial charge in [0, 0.05) is 18.3 Å². The van der Waals surface area contributed by atoms with Crippen LogP contribution >= 0.6 is 0 Å². The number of carbonyl (C=O) groups is 1. The molecule has 0 unspecified atom stereocenters. The highest BCUT2D eigenvalue weighted by molar-refractivity contribution is 5.84. The summed E-state index contributed by atoms with van der Waals surface area (Å²) in [7, 11) is 0. The summed E-state index contributed by atoms with van der Waals surface area (Å²) in [6.07, 6.45) is 3.59. The second-order valence-corrected chi connectivity index (χ2v) is 4.14. The minimum absolute atomic E-state index is 0.0359. The zero-order chi connectivity index (χ0) is 12.4. The fourth-order valence-electron chi connectivity index (χ4n) is 1.70. The number of hydrogen-bond donors (Lipinski definition) is 1. The molecule has 2 heterocycles. The Morgan fingerprint density at radius 1 is 1.53 bits per heavy atom. The predicted molar refractivity (Wildman–Crippen MR) is 61.1 cm³/mol. The highest BCUT2D eigenvalue weighted by Gasteiger charge is 2.12. The number of furan rings is 1. The number of carboxylic acids is 1. The van der Waals surface area contributed by atoms with Gasteiger partial charge in [0.1, 0.15) is 11.6 Å². The Balaban J connectivity index is 2.19. The summed E-state index contributed by atoms with van der Waals surface area (Å²) in [4.78, 5) is 14.9. The third-order valence-corrected chi connectivity index (χ3v) is 2.46. The Morgan fingerprint density at radius 3 is 2.88 bits per heavy atom. The maximum absolute atomic E-state index is 10.7. The summed E-state index contributed by atoms with van der Waals surface area (Å²) in [5.41, 5.74) is 0. The molecule has 0 aliphatic rings. The Labute approximate surface area is 98.7 Å². The normalized spacial score (nSPS) is 11.0. The summed E-state index contributed by atoms with van der Waals surface area (Å²) >= 11 is 0. The van der Waals surface area contributed by atoms with E-state index in [1.165, 1.54) is 6.07 Å². The molecule has 0 spiro atoms. The molecular weight excluding hydrogens is 220 g/mol. The number of aromatic carboxylic acids is 1. The van der Waals surface area contributed by atoms with Gasteiger partial charge in [-0.25, -0.2) is 9.78 Å². The Hall–Kier alpha value is -2.04.